The maximum Gasteiger partial charge on any atom is 0.243 e. The summed E-state index contributed by atoms with van der Waals surface area (Å²) in [5.41, 5.74) is 5.69. The van der Waals surface area contributed by atoms with Gasteiger partial charge in [0, 0.05) is 0 Å². The predicted octanol–water partition coefficient (Wildman–Crippen LogP) is 1.25. The number of anilines is 1. The Bertz CT molecular complexity index is 371. The fraction of sp³-hybridized carbons (Fsp3) is 0.222. The van der Waals surface area contributed by atoms with Crippen LogP contribution in [-0.2, 0) is 4.79 Å². The number of hydrogen-bond donors (Lipinski definition) is 3. The first-order chi connectivity index (χ1) is 7.06. The number of aliphatic hydroxyl groups excluding tert-OH is 1. The first-order valence-electron chi connectivity index (χ1n) is 4.17. The monoisotopic (exact) mass is 248 g/mol. The molecule has 0 fully saturated rings. The Balaban J connectivity index is 2.81. The average molecular weight is 249 g/mol. The van der Waals surface area contributed by atoms with E-state index in [9.17, 15) is 4.79 Å². The largest absolute Gasteiger partial charge is 0.394 e. The standard InChI is InChI=1S/C9H10Cl2N2O2/c10-5-2-1-3-7(8(5)11)13-9(15)6(12)4-14/h1-3,6,14H,4,12H2,(H,13,15). The molecule has 82 valence electrons. The average Bonchev–Trinajstić information content (AvgIpc) is 2.23. The van der Waals surface area contributed by atoms with Crippen LogP contribution in [0.4, 0.5) is 5.69 Å². The van der Waals surface area contributed by atoms with Crippen LogP contribution in [0.2, 0.25) is 10.0 Å². The molecule has 0 aromatic heterocycles. The van der Waals surface area contributed by atoms with E-state index >= 15 is 0 Å². The van der Waals surface area contributed by atoms with Gasteiger partial charge < -0.3 is 16.2 Å². The zero-order valence-electron chi connectivity index (χ0n) is 7.71. The van der Waals surface area contributed by atoms with Crippen molar-refractivity contribution in [2.45, 2.75) is 6.04 Å². The van der Waals surface area contributed by atoms with Gasteiger partial charge in [0.2, 0.25) is 5.91 Å². The fourth-order valence-corrected chi connectivity index (χ4v) is 1.26. The van der Waals surface area contributed by atoms with Crippen LogP contribution in [0.25, 0.3) is 0 Å². The molecule has 15 heavy (non-hydrogen) atoms. The van der Waals surface area contributed by atoms with Crippen molar-refractivity contribution < 1.29 is 9.90 Å². The Hall–Kier alpha value is -0.810. The highest BCUT2D eigenvalue weighted by molar-refractivity contribution is 6.44. The summed E-state index contributed by atoms with van der Waals surface area (Å²) in [6, 6.07) is 3.87. The summed E-state index contributed by atoms with van der Waals surface area (Å²) in [5.74, 6) is -0.512. The summed E-state index contributed by atoms with van der Waals surface area (Å²) in [5, 5.41) is 11.7. The summed E-state index contributed by atoms with van der Waals surface area (Å²) in [4.78, 5) is 11.3. The molecule has 0 aliphatic carbocycles. The number of aliphatic hydroxyl groups is 1. The molecule has 6 heteroatoms. The Kier molecular flexibility index (Phi) is 4.35. The molecule has 0 spiro atoms. The minimum Gasteiger partial charge on any atom is -0.394 e. The zero-order valence-corrected chi connectivity index (χ0v) is 9.22. The summed E-state index contributed by atoms with van der Waals surface area (Å²) >= 11 is 11.6. The number of hydrogen-bond acceptors (Lipinski definition) is 3. The summed E-state index contributed by atoms with van der Waals surface area (Å²) in [7, 11) is 0. The third-order valence-corrected chi connectivity index (χ3v) is 2.56. The highest BCUT2D eigenvalue weighted by Crippen LogP contribution is 2.29. The molecule has 0 aliphatic rings. The number of carbonyl (C=O) groups excluding carboxylic acids is 1. The minimum absolute atomic E-state index is 0.248. The van der Waals surface area contributed by atoms with Gasteiger partial charge in [-0.05, 0) is 12.1 Å². The smallest absolute Gasteiger partial charge is 0.243 e. The van der Waals surface area contributed by atoms with Gasteiger partial charge in [-0.2, -0.15) is 0 Å². The normalized spacial score (nSPS) is 12.3. The van der Waals surface area contributed by atoms with Crippen LogP contribution in [0.3, 0.4) is 0 Å². The number of nitrogens with one attached hydrogen (secondary N) is 1. The van der Waals surface area contributed by atoms with E-state index in [-0.39, 0.29) is 5.02 Å². The van der Waals surface area contributed by atoms with Gasteiger partial charge in [0.15, 0.2) is 0 Å². The Labute approximate surface area is 97.0 Å². The molecule has 0 aliphatic heterocycles. The number of rotatable bonds is 3. The molecule has 1 rings (SSSR count). The van der Waals surface area contributed by atoms with Crippen LogP contribution in [0, 0.1) is 0 Å². The van der Waals surface area contributed by atoms with Crippen molar-refractivity contribution in [1.29, 1.82) is 0 Å². The number of carbonyl (C=O) groups is 1. The Morgan fingerprint density at radius 2 is 2.20 bits per heavy atom. The topological polar surface area (TPSA) is 75.3 Å². The molecule has 1 atom stereocenters. The number of amides is 1. The van der Waals surface area contributed by atoms with Gasteiger partial charge in [0.1, 0.15) is 6.04 Å². The molecular weight excluding hydrogens is 239 g/mol. The molecule has 4 nitrogen and oxygen atoms in total. The predicted molar refractivity (Wildman–Crippen MR) is 60.2 cm³/mol. The first kappa shape index (κ1) is 12.3. The molecule has 1 aromatic rings. The number of halogens is 2. The third kappa shape index (κ3) is 3.07. The van der Waals surface area contributed by atoms with Crippen molar-refractivity contribution >= 4 is 34.8 Å². The second-order valence-corrected chi connectivity index (χ2v) is 3.66. The first-order valence-corrected chi connectivity index (χ1v) is 4.93. The molecule has 0 bridgehead atoms. The Morgan fingerprint density at radius 1 is 1.53 bits per heavy atom. The van der Waals surface area contributed by atoms with Crippen molar-refractivity contribution in [2.75, 3.05) is 11.9 Å². The van der Waals surface area contributed by atoms with Gasteiger partial charge in [-0.25, -0.2) is 0 Å². The van der Waals surface area contributed by atoms with Crippen molar-refractivity contribution in [1.82, 2.24) is 0 Å². The minimum atomic E-state index is -0.972. The van der Waals surface area contributed by atoms with E-state index < -0.39 is 18.6 Å². The van der Waals surface area contributed by atoms with Gasteiger partial charge >= 0.3 is 0 Å². The van der Waals surface area contributed by atoms with E-state index in [0.717, 1.165) is 0 Å². The number of benzene rings is 1. The molecule has 1 amide bonds. The molecule has 1 unspecified atom stereocenters. The Morgan fingerprint density at radius 3 is 2.80 bits per heavy atom. The second kappa shape index (κ2) is 5.32. The zero-order chi connectivity index (χ0) is 11.4. The van der Waals surface area contributed by atoms with Crippen LogP contribution in [0.1, 0.15) is 0 Å². The molecule has 0 radical (unpaired) electrons. The lowest BCUT2D eigenvalue weighted by Gasteiger charge is -2.11. The van der Waals surface area contributed by atoms with Gasteiger partial charge in [-0.1, -0.05) is 29.3 Å². The van der Waals surface area contributed by atoms with Crippen LogP contribution in [0.5, 0.6) is 0 Å². The maximum absolute atomic E-state index is 11.3. The van der Waals surface area contributed by atoms with E-state index in [4.69, 9.17) is 34.0 Å². The third-order valence-electron chi connectivity index (χ3n) is 1.74. The van der Waals surface area contributed by atoms with Crippen LogP contribution in [0.15, 0.2) is 18.2 Å². The van der Waals surface area contributed by atoms with Gasteiger partial charge in [0.05, 0.1) is 22.3 Å². The van der Waals surface area contributed by atoms with Crippen molar-refractivity contribution in [3.8, 4) is 0 Å². The fourth-order valence-electron chi connectivity index (χ4n) is 0.909. The molecule has 0 saturated heterocycles. The summed E-state index contributed by atoms with van der Waals surface area (Å²) < 4.78 is 0. The van der Waals surface area contributed by atoms with E-state index in [1.165, 1.54) is 0 Å². The van der Waals surface area contributed by atoms with Gasteiger partial charge in [0.25, 0.3) is 0 Å². The highest BCUT2D eigenvalue weighted by atomic mass is 35.5. The lowest BCUT2D eigenvalue weighted by atomic mass is 10.2. The highest BCUT2D eigenvalue weighted by Gasteiger charge is 2.14. The van der Waals surface area contributed by atoms with E-state index in [1.807, 2.05) is 0 Å². The van der Waals surface area contributed by atoms with Crippen LogP contribution < -0.4 is 11.1 Å². The van der Waals surface area contributed by atoms with Crippen LogP contribution in [-0.4, -0.2) is 23.7 Å². The van der Waals surface area contributed by atoms with Crippen molar-refractivity contribution in [3.05, 3.63) is 28.2 Å². The van der Waals surface area contributed by atoms with Crippen molar-refractivity contribution in [3.63, 3.8) is 0 Å². The van der Waals surface area contributed by atoms with Gasteiger partial charge in [-0.3, -0.25) is 4.79 Å². The second-order valence-electron chi connectivity index (χ2n) is 2.88. The van der Waals surface area contributed by atoms with Gasteiger partial charge in [-0.15, -0.1) is 0 Å². The molecule has 0 saturated carbocycles. The molecule has 1 aromatic carbocycles. The SMILES string of the molecule is NC(CO)C(=O)Nc1cccc(Cl)c1Cl. The quantitative estimate of drug-likeness (QED) is 0.754. The van der Waals surface area contributed by atoms with E-state index in [2.05, 4.69) is 5.32 Å². The maximum atomic E-state index is 11.3. The molecule has 0 heterocycles. The lowest BCUT2D eigenvalue weighted by molar-refractivity contribution is -0.118. The number of nitrogens with two attached hydrogens (primary N) is 1. The summed E-state index contributed by atoms with van der Waals surface area (Å²) in [6.07, 6.45) is 0. The van der Waals surface area contributed by atoms with E-state index in [0.29, 0.717) is 10.7 Å². The lowest BCUT2D eigenvalue weighted by Crippen LogP contribution is -2.38. The van der Waals surface area contributed by atoms with Crippen molar-refractivity contribution in [2.24, 2.45) is 5.73 Å². The van der Waals surface area contributed by atoms with Crippen LogP contribution >= 0.6 is 23.2 Å². The van der Waals surface area contributed by atoms with E-state index in [1.54, 1.807) is 18.2 Å². The molecule has 4 N–H and O–H groups in total. The molecular formula is C9H10Cl2N2O2. The summed E-state index contributed by atoms with van der Waals surface area (Å²) in [6.45, 7) is -0.427.